The van der Waals surface area contributed by atoms with Crippen molar-refractivity contribution in [2.75, 3.05) is 7.05 Å². The van der Waals surface area contributed by atoms with Gasteiger partial charge in [0.15, 0.2) is 0 Å². The number of nitrogens with zero attached hydrogens (tertiary/aromatic N) is 1. The van der Waals surface area contributed by atoms with Crippen LogP contribution >= 0.6 is 0 Å². The highest BCUT2D eigenvalue weighted by Crippen LogP contribution is 2.20. The zero-order valence-electron chi connectivity index (χ0n) is 10.4. The van der Waals surface area contributed by atoms with E-state index < -0.39 is 5.54 Å². The Balaban J connectivity index is 2.83. The van der Waals surface area contributed by atoms with Gasteiger partial charge in [-0.3, -0.25) is 4.79 Å². The molecular weight excluding hydrogens is 200 g/mol. The van der Waals surface area contributed by atoms with Crippen molar-refractivity contribution in [3.05, 3.63) is 35.9 Å². The third-order valence-electron chi connectivity index (χ3n) is 2.73. The van der Waals surface area contributed by atoms with Crippen LogP contribution in [0.2, 0.25) is 0 Å². The molecule has 0 saturated heterocycles. The summed E-state index contributed by atoms with van der Waals surface area (Å²) in [4.78, 5) is 13.7. The Morgan fingerprint density at radius 2 is 1.81 bits per heavy atom. The van der Waals surface area contributed by atoms with E-state index in [1.165, 1.54) is 0 Å². The minimum Gasteiger partial charge on any atom is -0.337 e. The lowest BCUT2D eigenvalue weighted by atomic mass is 10.0. The molecule has 0 spiro atoms. The van der Waals surface area contributed by atoms with Gasteiger partial charge < -0.3 is 10.6 Å². The van der Waals surface area contributed by atoms with E-state index in [-0.39, 0.29) is 11.9 Å². The maximum absolute atomic E-state index is 12.0. The Labute approximate surface area is 97.2 Å². The van der Waals surface area contributed by atoms with Crippen LogP contribution in [0.15, 0.2) is 30.3 Å². The van der Waals surface area contributed by atoms with Gasteiger partial charge in [-0.2, -0.15) is 0 Å². The average molecular weight is 220 g/mol. The molecule has 1 unspecified atom stereocenters. The van der Waals surface area contributed by atoms with Gasteiger partial charge in [-0.25, -0.2) is 0 Å². The molecule has 0 fully saturated rings. The number of nitrogens with two attached hydrogens (primary N) is 1. The van der Waals surface area contributed by atoms with Crippen molar-refractivity contribution >= 4 is 5.91 Å². The summed E-state index contributed by atoms with van der Waals surface area (Å²) in [5.41, 5.74) is 6.10. The largest absolute Gasteiger partial charge is 0.337 e. The predicted octanol–water partition coefficient (Wildman–Crippen LogP) is 1.94. The zero-order valence-corrected chi connectivity index (χ0v) is 10.4. The van der Waals surface area contributed by atoms with E-state index in [1.807, 2.05) is 37.3 Å². The summed E-state index contributed by atoms with van der Waals surface area (Å²) in [6.07, 6.45) is 0. The van der Waals surface area contributed by atoms with E-state index in [1.54, 1.807) is 25.8 Å². The lowest BCUT2D eigenvalue weighted by molar-refractivity contribution is -0.136. The third kappa shape index (κ3) is 2.83. The molecule has 1 atom stereocenters. The molecule has 1 aromatic rings. The fraction of sp³-hybridized carbons (Fsp3) is 0.462. The Kier molecular flexibility index (Phi) is 3.70. The summed E-state index contributed by atoms with van der Waals surface area (Å²) in [6.45, 7) is 5.45. The number of carbonyl (C=O) groups is 1. The molecule has 0 aliphatic carbocycles. The summed E-state index contributed by atoms with van der Waals surface area (Å²) in [6, 6.07) is 9.97. The van der Waals surface area contributed by atoms with Gasteiger partial charge >= 0.3 is 0 Å². The highest BCUT2D eigenvalue weighted by Gasteiger charge is 2.28. The van der Waals surface area contributed by atoms with Gasteiger partial charge in [0.1, 0.15) is 0 Å². The van der Waals surface area contributed by atoms with Gasteiger partial charge in [-0.1, -0.05) is 30.3 Å². The molecule has 3 nitrogen and oxygen atoms in total. The monoisotopic (exact) mass is 220 g/mol. The molecule has 0 heterocycles. The first kappa shape index (κ1) is 12.7. The number of hydrogen-bond donors (Lipinski definition) is 1. The summed E-state index contributed by atoms with van der Waals surface area (Å²) in [7, 11) is 1.79. The Hall–Kier alpha value is -1.35. The van der Waals surface area contributed by atoms with Gasteiger partial charge in [-0.05, 0) is 26.3 Å². The van der Waals surface area contributed by atoms with Crippen LogP contribution in [0.1, 0.15) is 32.4 Å². The second kappa shape index (κ2) is 4.66. The molecule has 2 N–H and O–H groups in total. The molecule has 88 valence electrons. The normalized spacial score (nSPS) is 13.3. The van der Waals surface area contributed by atoms with Crippen LogP contribution in [0.3, 0.4) is 0 Å². The first-order valence-corrected chi connectivity index (χ1v) is 5.45. The van der Waals surface area contributed by atoms with Crippen LogP contribution < -0.4 is 5.73 Å². The lowest BCUT2D eigenvalue weighted by Gasteiger charge is -2.31. The molecule has 16 heavy (non-hydrogen) atoms. The standard InChI is InChI=1S/C13H20N2O/c1-10(11-8-6-5-7-9-11)15(4)12(16)13(2,3)14/h5-10H,14H2,1-4H3. The van der Waals surface area contributed by atoms with Gasteiger partial charge in [0.05, 0.1) is 11.6 Å². The molecular formula is C13H20N2O. The number of carbonyl (C=O) groups excluding carboxylic acids is 1. The predicted molar refractivity (Wildman–Crippen MR) is 65.9 cm³/mol. The van der Waals surface area contributed by atoms with Crippen LogP contribution in [0, 0.1) is 0 Å². The number of amides is 1. The van der Waals surface area contributed by atoms with Crippen LogP contribution in [0.4, 0.5) is 0 Å². The maximum atomic E-state index is 12.0. The van der Waals surface area contributed by atoms with E-state index in [4.69, 9.17) is 5.73 Å². The fourth-order valence-corrected chi connectivity index (χ4v) is 1.59. The summed E-state index contributed by atoms with van der Waals surface area (Å²) >= 11 is 0. The van der Waals surface area contributed by atoms with E-state index in [9.17, 15) is 4.79 Å². The maximum Gasteiger partial charge on any atom is 0.242 e. The SMILES string of the molecule is CC(c1ccccc1)N(C)C(=O)C(C)(C)N. The van der Waals surface area contributed by atoms with Crippen LogP contribution in [-0.4, -0.2) is 23.4 Å². The van der Waals surface area contributed by atoms with Crippen molar-refractivity contribution in [2.45, 2.75) is 32.4 Å². The zero-order chi connectivity index (χ0) is 12.3. The lowest BCUT2D eigenvalue weighted by Crippen LogP contribution is -2.50. The fourth-order valence-electron chi connectivity index (χ4n) is 1.59. The number of likely N-dealkylation sites (N-methyl/N-ethyl adjacent to an activating group) is 1. The minimum absolute atomic E-state index is 0.0384. The van der Waals surface area contributed by atoms with Crippen LogP contribution in [0.5, 0.6) is 0 Å². The Bertz CT molecular complexity index is 354. The smallest absolute Gasteiger partial charge is 0.242 e. The van der Waals surface area contributed by atoms with E-state index in [2.05, 4.69) is 0 Å². The minimum atomic E-state index is -0.822. The third-order valence-corrected chi connectivity index (χ3v) is 2.73. The molecule has 0 radical (unpaired) electrons. The molecule has 0 bridgehead atoms. The van der Waals surface area contributed by atoms with Crippen molar-refractivity contribution in [2.24, 2.45) is 5.73 Å². The average Bonchev–Trinajstić information content (AvgIpc) is 2.26. The summed E-state index contributed by atoms with van der Waals surface area (Å²) in [5, 5.41) is 0. The number of rotatable bonds is 3. The molecule has 3 heteroatoms. The first-order chi connectivity index (χ1) is 7.34. The summed E-state index contributed by atoms with van der Waals surface area (Å²) < 4.78 is 0. The summed E-state index contributed by atoms with van der Waals surface area (Å²) in [5.74, 6) is -0.0520. The number of hydrogen-bond acceptors (Lipinski definition) is 2. The molecule has 0 aliphatic rings. The van der Waals surface area contributed by atoms with Gasteiger partial charge in [0.25, 0.3) is 0 Å². The second-order valence-corrected chi connectivity index (χ2v) is 4.72. The topological polar surface area (TPSA) is 46.3 Å². The van der Waals surface area contributed by atoms with Crippen molar-refractivity contribution in [3.8, 4) is 0 Å². The highest BCUT2D eigenvalue weighted by atomic mass is 16.2. The van der Waals surface area contributed by atoms with Gasteiger partial charge in [0, 0.05) is 7.05 Å². The van der Waals surface area contributed by atoms with E-state index >= 15 is 0 Å². The molecule has 1 rings (SSSR count). The van der Waals surface area contributed by atoms with Crippen molar-refractivity contribution < 1.29 is 4.79 Å². The van der Waals surface area contributed by atoms with Gasteiger partial charge in [0.2, 0.25) is 5.91 Å². The van der Waals surface area contributed by atoms with Crippen LogP contribution in [0.25, 0.3) is 0 Å². The Morgan fingerprint density at radius 1 is 1.31 bits per heavy atom. The molecule has 0 aliphatic heterocycles. The molecule has 0 saturated carbocycles. The molecule has 1 aromatic carbocycles. The second-order valence-electron chi connectivity index (χ2n) is 4.72. The van der Waals surface area contributed by atoms with Crippen molar-refractivity contribution in [1.29, 1.82) is 0 Å². The number of benzene rings is 1. The van der Waals surface area contributed by atoms with Crippen LogP contribution in [-0.2, 0) is 4.79 Å². The highest BCUT2D eigenvalue weighted by molar-refractivity contribution is 5.85. The molecule has 1 amide bonds. The quantitative estimate of drug-likeness (QED) is 0.846. The Morgan fingerprint density at radius 3 is 2.25 bits per heavy atom. The van der Waals surface area contributed by atoms with Crippen molar-refractivity contribution in [3.63, 3.8) is 0 Å². The van der Waals surface area contributed by atoms with Crippen molar-refractivity contribution in [1.82, 2.24) is 4.90 Å². The first-order valence-electron chi connectivity index (χ1n) is 5.45. The van der Waals surface area contributed by atoms with E-state index in [0.717, 1.165) is 5.56 Å². The van der Waals surface area contributed by atoms with E-state index in [0.29, 0.717) is 0 Å². The molecule has 0 aromatic heterocycles. The van der Waals surface area contributed by atoms with Gasteiger partial charge in [-0.15, -0.1) is 0 Å².